The molecule has 0 aliphatic carbocycles. The fourth-order valence-electron chi connectivity index (χ4n) is 3.43. The van der Waals surface area contributed by atoms with E-state index in [1.807, 2.05) is 25.1 Å². The smallest absolute Gasteiger partial charge is 0.227 e. The Kier molecular flexibility index (Phi) is 4.44. The Morgan fingerprint density at radius 2 is 2.12 bits per heavy atom. The molecule has 2 aromatic rings. The summed E-state index contributed by atoms with van der Waals surface area (Å²) >= 11 is 0. The fourth-order valence-corrected chi connectivity index (χ4v) is 3.43. The minimum Gasteiger partial charge on any atom is -0.488 e. The van der Waals surface area contributed by atoms with Crippen molar-refractivity contribution in [2.45, 2.75) is 31.9 Å². The molecule has 25 heavy (non-hydrogen) atoms. The highest BCUT2D eigenvalue weighted by Crippen LogP contribution is 2.28. The zero-order chi connectivity index (χ0) is 17.2. The van der Waals surface area contributed by atoms with Crippen LogP contribution < -0.4 is 20.3 Å². The van der Waals surface area contributed by atoms with E-state index in [9.17, 15) is 0 Å². The molecule has 1 aromatic carbocycles. The molecule has 6 heteroatoms. The van der Waals surface area contributed by atoms with Crippen molar-refractivity contribution in [3.05, 3.63) is 41.1 Å². The predicted octanol–water partition coefficient (Wildman–Crippen LogP) is 1.99. The number of hydrogen-bond donors (Lipinski definition) is 2. The van der Waals surface area contributed by atoms with Gasteiger partial charge in [0.05, 0.1) is 12.2 Å². The first-order valence-electron chi connectivity index (χ1n) is 8.97. The molecule has 1 atom stereocenters. The molecule has 2 aliphatic rings. The summed E-state index contributed by atoms with van der Waals surface area (Å²) < 4.78 is 6.15. The molecule has 6 nitrogen and oxygen atoms in total. The summed E-state index contributed by atoms with van der Waals surface area (Å²) in [4.78, 5) is 11.4. The molecule has 0 fully saturated rings. The molecule has 2 N–H and O–H groups in total. The van der Waals surface area contributed by atoms with Crippen LogP contribution in [0.1, 0.15) is 23.2 Å². The van der Waals surface area contributed by atoms with Crippen molar-refractivity contribution in [1.82, 2.24) is 15.3 Å². The van der Waals surface area contributed by atoms with Crippen LogP contribution in [0.3, 0.4) is 0 Å². The maximum atomic E-state index is 6.15. The Hall–Kier alpha value is -2.34. The quantitative estimate of drug-likeness (QED) is 0.888. The first kappa shape index (κ1) is 16.1. The number of ether oxygens (including phenoxy) is 1. The minimum absolute atomic E-state index is 0.171. The number of nitrogens with zero attached hydrogens (tertiary/aromatic N) is 3. The average molecular weight is 339 g/mol. The molecule has 0 radical (unpaired) electrons. The van der Waals surface area contributed by atoms with Crippen molar-refractivity contribution in [2.75, 3.05) is 37.4 Å². The molecule has 3 heterocycles. The van der Waals surface area contributed by atoms with Gasteiger partial charge in [0.2, 0.25) is 5.95 Å². The van der Waals surface area contributed by atoms with E-state index in [4.69, 9.17) is 9.72 Å². The highest BCUT2D eigenvalue weighted by Gasteiger charge is 2.22. The molecule has 0 bridgehead atoms. The molecule has 4 rings (SSSR count). The number of aryl methyl sites for hydroxylation is 1. The highest BCUT2D eigenvalue weighted by molar-refractivity contribution is 5.52. The van der Waals surface area contributed by atoms with Crippen LogP contribution in [0, 0.1) is 0 Å². The van der Waals surface area contributed by atoms with E-state index in [2.05, 4.69) is 33.8 Å². The van der Waals surface area contributed by atoms with Gasteiger partial charge >= 0.3 is 0 Å². The van der Waals surface area contributed by atoms with Gasteiger partial charge in [0.25, 0.3) is 0 Å². The van der Waals surface area contributed by atoms with E-state index >= 15 is 0 Å². The second-order valence-corrected chi connectivity index (χ2v) is 6.89. The molecular weight excluding hydrogens is 314 g/mol. The summed E-state index contributed by atoms with van der Waals surface area (Å²) in [5.41, 5.74) is 3.64. The van der Waals surface area contributed by atoms with Gasteiger partial charge in [-0.25, -0.2) is 4.98 Å². The molecular formula is C19H25N5O. The number of benzene rings is 1. The van der Waals surface area contributed by atoms with Gasteiger partial charge in [0, 0.05) is 26.2 Å². The van der Waals surface area contributed by atoms with Gasteiger partial charge in [-0.15, -0.1) is 0 Å². The van der Waals surface area contributed by atoms with Gasteiger partial charge in [-0.3, -0.25) is 0 Å². The third-order valence-corrected chi connectivity index (χ3v) is 4.82. The van der Waals surface area contributed by atoms with Gasteiger partial charge in [-0.05, 0) is 37.4 Å². The summed E-state index contributed by atoms with van der Waals surface area (Å²) in [5, 5.41) is 6.93. The zero-order valence-electron chi connectivity index (χ0n) is 14.9. The first-order valence-corrected chi connectivity index (χ1v) is 8.97. The SMILES string of the molecule is CN(C)c1nc2c(c(NC[C@H]3CCc4ccccc4O3)n1)CCNC2. The fraction of sp³-hybridized carbons (Fsp3) is 0.474. The highest BCUT2D eigenvalue weighted by atomic mass is 16.5. The van der Waals surface area contributed by atoms with Gasteiger partial charge in [-0.1, -0.05) is 18.2 Å². The average Bonchev–Trinajstić information content (AvgIpc) is 2.65. The number of hydrogen-bond acceptors (Lipinski definition) is 6. The van der Waals surface area contributed by atoms with Crippen LogP contribution in [-0.2, 0) is 19.4 Å². The topological polar surface area (TPSA) is 62.3 Å². The lowest BCUT2D eigenvalue weighted by Gasteiger charge is -2.27. The van der Waals surface area contributed by atoms with Gasteiger partial charge in [-0.2, -0.15) is 4.98 Å². The first-order chi connectivity index (χ1) is 12.2. The van der Waals surface area contributed by atoms with E-state index < -0.39 is 0 Å². The molecule has 0 unspecified atom stereocenters. The van der Waals surface area contributed by atoms with Crippen LogP contribution in [0.4, 0.5) is 11.8 Å². The van der Waals surface area contributed by atoms with E-state index in [1.54, 1.807) is 0 Å². The van der Waals surface area contributed by atoms with Crippen LogP contribution in [0.5, 0.6) is 5.75 Å². The molecule has 0 saturated carbocycles. The van der Waals surface area contributed by atoms with Gasteiger partial charge in [0.1, 0.15) is 17.7 Å². The summed E-state index contributed by atoms with van der Waals surface area (Å²) in [6.07, 6.45) is 3.22. The molecule has 2 aliphatic heterocycles. The summed E-state index contributed by atoms with van der Waals surface area (Å²) in [5.74, 6) is 2.72. The minimum atomic E-state index is 0.171. The van der Waals surface area contributed by atoms with Crippen LogP contribution in [-0.4, -0.2) is 43.3 Å². The van der Waals surface area contributed by atoms with Gasteiger partial charge < -0.3 is 20.3 Å². The standard InChI is InChI=1S/C19H25N5O/c1-24(2)19-22-16-12-20-10-9-15(16)18(23-19)21-11-14-8-7-13-5-3-4-6-17(13)25-14/h3-6,14,20H,7-12H2,1-2H3,(H,21,22,23)/t14-/m1/s1. The Morgan fingerprint density at radius 1 is 1.24 bits per heavy atom. The van der Waals surface area contributed by atoms with Crippen molar-refractivity contribution in [2.24, 2.45) is 0 Å². The number of nitrogens with one attached hydrogen (secondary N) is 2. The largest absolute Gasteiger partial charge is 0.488 e. The van der Waals surface area contributed by atoms with Gasteiger partial charge in [0.15, 0.2) is 0 Å². The lowest BCUT2D eigenvalue weighted by molar-refractivity contribution is 0.185. The summed E-state index contributed by atoms with van der Waals surface area (Å²) in [7, 11) is 3.95. The number of rotatable bonds is 4. The van der Waals surface area contributed by atoms with E-state index in [-0.39, 0.29) is 6.10 Å². The summed E-state index contributed by atoms with van der Waals surface area (Å²) in [6.45, 7) is 2.54. The third-order valence-electron chi connectivity index (χ3n) is 4.82. The third kappa shape index (κ3) is 3.39. The van der Waals surface area contributed by atoms with Crippen molar-refractivity contribution >= 4 is 11.8 Å². The Bertz CT molecular complexity index is 761. The lowest BCUT2D eigenvalue weighted by Crippen LogP contribution is -2.32. The predicted molar refractivity (Wildman–Crippen MR) is 99.4 cm³/mol. The number of fused-ring (bicyclic) bond motifs is 2. The normalized spacial score (nSPS) is 18.7. The second-order valence-electron chi connectivity index (χ2n) is 6.89. The second kappa shape index (κ2) is 6.88. The molecule has 1 aromatic heterocycles. The van der Waals surface area contributed by atoms with Crippen molar-refractivity contribution in [3.8, 4) is 5.75 Å². The lowest BCUT2D eigenvalue weighted by atomic mass is 10.0. The van der Waals surface area contributed by atoms with Crippen LogP contribution in [0.25, 0.3) is 0 Å². The summed E-state index contributed by atoms with van der Waals surface area (Å²) in [6, 6.07) is 8.32. The van der Waals surface area contributed by atoms with E-state index in [1.165, 1.54) is 11.1 Å². The molecule has 0 amide bonds. The van der Waals surface area contributed by atoms with E-state index in [0.29, 0.717) is 0 Å². The van der Waals surface area contributed by atoms with Crippen molar-refractivity contribution in [3.63, 3.8) is 0 Å². The maximum absolute atomic E-state index is 6.15. The maximum Gasteiger partial charge on any atom is 0.227 e. The van der Waals surface area contributed by atoms with E-state index in [0.717, 1.165) is 62.1 Å². The molecule has 0 saturated heterocycles. The Balaban J connectivity index is 1.50. The zero-order valence-corrected chi connectivity index (χ0v) is 14.9. The van der Waals surface area contributed by atoms with Crippen LogP contribution in [0.2, 0.25) is 0 Å². The van der Waals surface area contributed by atoms with Crippen molar-refractivity contribution in [1.29, 1.82) is 0 Å². The Morgan fingerprint density at radius 3 is 3.00 bits per heavy atom. The van der Waals surface area contributed by atoms with Crippen LogP contribution >= 0.6 is 0 Å². The number of anilines is 2. The number of para-hydroxylation sites is 1. The Labute approximate surface area is 148 Å². The van der Waals surface area contributed by atoms with Crippen molar-refractivity contribution < 1.29 is 4.74 Å². The monoisotopic (exact) mass is 339 g/mol. The number of aromatic nitrogens is 2. The molecule has 132 valence electrons. The molecule has 0 spiro atoms. The van der Waals surface area contributed by atoms with Crippen LogP contribution in [0.15, 0.2) is 24.3 Å².